The number of nitrogens with one attached hydrogen (secondary N) is 4. The first-order chi connectivity index (χ1) is 16.2. The fraction of sp³-hybridized carbons (Fsp3) is 0.348. The molecule has 180 valence electrons. The number of rotatable bonds is 7. The fourth-order valence-corrected chi connectivity index (χ4v) is 5.00. The van der Waals surface area contributed by atoms with E-state index in [9.17, 15) is 22.8 Å². The lowest BCUT2D eigenvalue weighted by atomic mass is 9.95. The number of carbonyl (C=O) groups is 2. The van der Waals surface area contributed by atoms with Crippen molar-refractivity contribution in [2.45, 2.75) is 56.1 Å². The van der Waals surface area contributed by atoms with E-state index in [2.05, 4.69) is 20.0 Å². The number of anilines is 1. The second-order valence-corrected chi connectivity index (χ2v) is 10.0. The van der Waals surface area contributed by atoms with Gasteiger partial charge < -0.3 is 20.0 Å². The Morgan fingerprint density at radius 1 is 1.00 bits per heavy atom. The maximum absolute atomic E-state index is 12.7. The van der Waals surface area contributed by atoms with Gasteiger partial charge >= 0.3 is 11.7 Å². The Bertz CT molecular complexity index is 1350. The zero-order valence-electron chi connectivity index (χ0n) is 18.6. The van der Waals surface area contributed by atoms with Crippen molar-refractivity contribution in [3.8, 4) is 0 Å². The van der Waals surface area contributed by atoms with Gasteiger partial charge in [-0.05, 0) is 62.2 Å². The molecule has 1 heterocycles. The van der Waals surface area contributed by atoms with E-state index in [1.54, 1.807) is 0 Å². The Morgan fingerprint density at radius 2 is 1.68 bits per heavy atom. The van der Waals surface area contributed by atoms with Crippen LogP contribution in [0.5, 0.6) is 0 Å². The topological polar surface area (TPSA) is 150 Å². The molecule has 10 nitrogen and oxygen atoms in total. The third-order valence-corrected chi connectivity index (χ3v) is 7.15. The predicted octanol–water partition coefficient (Wildman–Crippen LogP) is 2.65. The Balaban J connectivity index is 1.37. The number of esters is 1. The zero-order valence-corrected chi connectivity index (χ0v) is 19.4. The molecule has 0 aliphatic heterocycles. The molecular formula is C23H26N4O6S. The summed E-state index contributed by atoms with van der Waals surface area (Å²) in [5.41, 5.74) is 0.857. The van der Waals surface area contributed by atoms with E-state index in [-0.39, 0.29) is 28.1 Å². The first-order valence-electron chi connectivity index (χ1n) is 11.1. The van der Waals surface area contributed by atoms with Gasteiger partial charge in [-0.3, -0.25) is 9.52 Å². The van der Waals surface area contributed by atoms with Crippen molar-refractivity contribution in [3.05, 3.63) is 58.5 Å². The third kappa shape index (κ3) is 5.48. The second kappa shape index (κ2) is 9.72. The molecule has 0 radical (unpaired) electrons. The van der Waals surface area contributed by atoms with Crippen LogP contribution in [-0.4, -0.2) is 42.4 Å². The van der Waals surface area contributed by atoms with Gasteiger partial charge in [0.2, 0.25) is 0 Å². The maximum Gasteiger partial charge on any atom is 0.338 e. The Kier molecular flexibility index (Phi) is 6.73. The molecule has 1 aliphatic rings. The summed E-state index contributed by atoms with van der Waals surface area (Å²) in [6.45, 7) is 1.52. The minimum atomic E-state index is -3.93. The van der Waals surface area contributed by atoms with E-state index >= 15 is 0 Å². The predicted molar refractivity (Wildman–Crippen MR) is 126 cm³/mol. The van der Waals surface area contributed by atoms with E-state index in [1.807, 2.05) is 0 Å². The number of carbonyl (C=O) groups excluding carboxylic acids is 2. The maximum atomic E-state index is 12.7. The van der Waals surface area contributed by atoms with Crippen LogP contribution in [0.3, 0.4) is 0 Å². The summed E-state index contributed by atoms with van der Waals surface area (Å²) in [5, 5.41) is 2.92. The quantitative estimate of drug-likeness (QED) is 0.377. The average molecular weight is 487 g/mol. The average Bonchev–Trinajstić information content (AvgIpc) is 3.19. The number of aromatic nitrogens is 2. The molecular weight excluding hydrogens is 460 g/mol. The van der Waals surface area contributed by atoms with Gasteiger partial charge in [-0.2, -0.15) is 0 Å². The fourth-order valence-electron chi connectivity index (χ4n) is 3.91. The standard InChI is InChI=1S/C23H26N4O6S/c1-14(21(28)24-16-5-3-2-4-6-16)33-22(29)15-7-9-17(10-8-15)27-34(31,32)18-11-12-19-20(13-18)26-23(30)25-19/h7-14,16,27H,2-6H2,1H3,(H,24,28)(H2,25,26,30)/t14-/m1/s1. The lowest BCUT2D eigenvalue weighted by Crippen LogP contribution is -2.42. The zero-order chi connectivity index (χ0) is 24.3. The molecule has 0 spiro atoms. The largest absolute Gasteiger partial charge is 0.449 e. The molecule has 4 N–H and O–H groups in total. The van der Waals surface area contributed by atoms with Crippen LogP contribution in [-0.2, 0) is 19.6 Å². The van der Waals surface area contributed by atoms with Crippen LogP contribution in [0.25, 0.3) is 11.0 Å². The molecule has 3 aromatic rings. The first kappa shape index (κ1) is 23.6. The van der Waals surface area contributed by atoms with Gasteiger partial charge in [0.05, 0.1) is 21.5 Å². The Labute approximate surface area is 196 Å². The summed E-state index contributed by atoms with van der Waals surface area (Å²) in [5.74, 6) is -1.01. The third-order valence-electron chi connectivity index (χ3n) is 5.78. The highest BCUT2D eigenvalue weighted by atomic mass is 32.2. The van der Waals surface area contributed by atoms with Crippen molar-refractivity contribution in [1.29, 1.82) is 0 Å². The number of benzene rings is 2. The summed E-state index contributed by atoms with van der Waals surface area (Å²) in [6.07, 6.45) is 4.25. The normalized spacial score (nSPS) is 15.6. The number of hydrogen-bond donors (Lipinski definition) is 4. The highest BCUT2D eigenvalue weighted by molar-refractivity contribution is 7.92. The van der Waals surface area contributed by atoms with Gasteiger partial charge in [0, 0.05) is 11.7 Å². The van der Waals surface area contributed by atoms with E-state index in [0.717, 1.165) is 25.7 Å². The molecule has 1 saturated carbocycles. The summed E-state index contributed by atoms with van der Waals surface area (Å²) in [4.78, 5) is 41.2. The van der Waals surface area contributed by atoms with Crippen molar-refractivity contribution in [1.82, 2.24) is 15.3 Å². The van der Waals surface area contributed by atoms with Crippen LogP contribution in [0.15, 0.2) is 52.2 Å². The van der Waals surface area contributed by atoms with Crippen LogP contribution in [0.2, 0.25) is 0 Å². The summed E-state index contributed by atoms with van der Waals surface area (Å²) in [6, 6.07) is 10.0. The molecule has 11 heteroatoms. The molecule has 4 rings (SSSR count). The Hall–Kier alpha value is -3.60. The number of sulfonamides is 1. The van der Waals surface area contributed by atoms with Crippen LogP contribution in [0.1, 0.15) is 49.4 Å². The van der Waals surface area contributed by atoms with Crippen molar-refractivity contribution < 1.29 is 22.7 Å². The van der Waals surface area contributed by atoms with Crippen molar-refractivity contribution in [2.75, 3.05) is 4.72 Å². The number of fused-ring (bicyclic) bond motifs is 1. The molecule has 0 saturated heterocycles. The number of aromatic amines is 2. The van der Waals surface area contributed by atoms with E-state index < -0.39 is 27.8 Å². The number of amides is 1. The molecule has 1 atom stereocenters. The van der Waals surface area contributed by atoms with Gasteiger partial charge in [-0.1, -0.05) is 19.3 Å². The highest BCUT2D eigenvalue weighted by Gasteiger charge is 2.23. The Morgan fingerprint density at radius 3 is 2.38 bits per heavy atom. The highest BCUT2D eigenvalue weighted by Crippen LogP contribution is 2.20. The van der Waals surface area contributed by atoms with E-state index in [0.29, 0.717) is 11.0 Å². The molecule has 1 amide bonds. The van der Waals surface area contributed by atoms with Gasteiger partial charge in [0.1, 0.15) is 0 Å². The van der Waals surface area contributed by atoms with Gasteiger partial charge in [-0.15, -0.1) is 0 Å². The van der Waals surface area contributed by atoms with Crippen LogP contribution in [0.4, 0.5) is 5.69 Å². The van der Waals surface area contributed by atoms with E-state index in [1.165, 1.54) is 55.8 Å². The second-order valence-electron chi connectivity index (χ2n) is 8.36. The number of ether oxygens (including phenoxy) is 1. The minimum Gasteiger partial charge on any atom is -0.449 e. The molecule has 2 aromatic carbocycles. The van der Waals surface area contributed by atoms with E-state index in [4.69, 9.17) is 4.74 Å². The summed E-state index contributed by atoms with van der Waals surface area (Å²) in [7, 11) is -3.93. The SMILES string of the molecule is C[C@@H](OC(=O)c1ccc(NS(=O)(=O)c2ccc3[nH]c(=O)[nH]c3c2)cc1)C(=O)NC1CCCCC1. The monoisotopic (exact) mass is 486 g/mol. The van der Waals surface area contributed by atoms with Crippen molar-refractivity contribution >= 4 is 38.6 Å². The first-order valence-corrected chi connectivity index (χ1v) is 12.6. The van der Waals surface area contributed by atoms with Gasteiger partial charge in [-0.25, -0.2) is 18.0 Å². The molecule has 1 aliphatic carbocycles. The lowest BCUT2D eigenvalue weighted by Gasteiger charge is -2.24. The molecule has 34 heavy (non-hydrogen) atoms. The summed E-state index contributed by atoms with van der Waals surface area (Å²) >= 11 is 0. The van der Waals surface area contributed by atoms with Gasteiger partial charge in [0.25, 0.3) is 15.9 Å². The molecule has 0 unspecified atom stereocenters. The van der Waals surface area contributed by atoms with Crippen molar-refractivity contribution in [2.24, 2.45) is 0 Å². The molecule has 1 aromatic heterocycles. The number of H-pyrrole nitrogens is 2. The summed E-state index contributed by atoms with van der Waals surface area (Å²) < 4.78 is 33.1. The van der Waals surface area contributed by atoms with Crippen molar-refractivity contribution in [3.63, 3.8) is 0 Å². The number of hydrogen-bond acceptors (Lipinski definition) is 6. The minimum absolute atomic E-state index is 0.0310. The number of imidazole rings is 1. The molecule has 1 fully saturated rings. The van der Waals surface area contributed by atoms with Crippen LogP contribution < -0.4 is 15.7 Å². The van der Waals surface area contributed by atoms with Gasteiger partial charge in [0.15, 0.2) is 6.10 Å². The molecule has 0 bridgehead atoms. The smallest absolute Gasteiger partial charge is 0.338 e. The lowest BCUT2D eigenvalue weighted by molar-refractivity contribution is -0.130. The van der Waals surface area contributed by atoms with Crippen LogP contribution in [0, 0.1) is 0 Å². The van der Waals surface area contributed by atoms with Crippen LogP contribution >= 0.6 is 0 Å².